The van der Waals surface area contributed by atoms with Crippen LogP contribution in [0.25, 0.3) is 11.4 Å². The molecule has 8 nitrogen and oxygen atoms in total. The van der Waals surface area contributed by atoms with E-state index in [0.717, 1.165) is 0 Å². The van der Waals surface area contributed by atoms with Gasteiger partial charge in [0.05, 0.1) is 5.69 Å². The van der Waals surface area contributed by atoms with Crippen molar-refractivity contribution in [3.05, 3.63) is 30.0 Å². The summed E-state index contributed by atoms with van der Waals surface area (Å²) in [6.07, 6.45) is 1.54. The molecule has 2 aromatic rings. The van der Waals surface area contributed by atoms with Crippen LogP contribution >= 0.6 is 0 Å². The number of amides is 3. The molecule has 0 aliphatic heterocycles. The third kappa shape index (κ3) is 4.28. The molecule has 0 radical (unpaired) electrons. The molecule has 0 fully saturated rings. The number of hydrogen-bond acceptors (Lipinski definition) is 6. The average molecular weight is 344 g/mol. The Kier molecular flexibility index (Phi) is 5.63. The monoisotopic (exact) mass is 344 g/mol. The van der Waals surface area contributed by atoms with Crippen molar-refractivity contribution >= 4 is 23.6 Å². The van der Waals surface area contributed by atoms with Gasteiger partial charge in [0.2, 0.25) is 17.7 Å². The second-order valence-electron chi connectivity index (χ2n) is 6.07. The molecule has 2 aromatic heterocycles. The second-order valence-corrected chi connectivity index (χ2v) is 6.07. The van der Waals surface area contributed by atoms with Crippen LogP contribution in [0, 0.1) is 11.8 Å². The lowest BCUT2D eigenvalue weighted by Gasteiger charge is -2.09. The van der Waals surface area contributed by atoms with Crippen molar-refractivity contribution in [1.29, 1.82) is 0 Å². The van der Waals surface area contributed by atoms with E-state index in [1.807, 2.05) is 0 Å². The highest BCUT2D eigenvalue weighted by atomic mass is 16.5. The van der Waals surface area contributed by atoms with Crippen LogP contribution in [0.3, 0.4) is 0 Å². The van der Waals surface area contributed by atoms with E-state index in [0.29, 0.717) is 5.69 Å². The molecule has 2 rings (SSSR count). The predicted molar refractivity (Wildman–Crippen MR) is 90.5 cm³/mol. The standard InChI is InChI=1S/C17H20N4O4/c1-9(2)14(22)19-16(24)12-13(11-7-5-6-8-18-11)21-25-17(12)20-15(23)10(3)4/h5-10H,1-4H3,(H,20,23)(H,19,22,24). The molecule has 2 N–H and O–H groups in total. The van der Waals surface area contributed by atoms with Gasteiger partial charge in [-0.1, -0.05) is 38.9 Å². The number of nitrogens with one attached hydrogen (secondary N) is 2. The first-order valence-electron chi connectivity index (χ1n) is 7.88. The average Bonchev–Trinajstić information content (AvgIpc) is 2.99. The molecular weight excluding hydrogens is 324 g/mol. The predicted octanol–water partition coefficient (Wildman–Crippen LogP) is 2.24. The van der Waals surface area contributed by atoms with Gasteiger partial charge in [0.25, 0.3) is 5.91 Å². The molecule has 0 saturated heterocycles. The molecule has 0 saturated carbocycles. The van der Waals surface area contributed by atoms with E-state index in [1.165, 1.54) is 6.20 Å². The van der Waals surface area contributed by atoms with Crippen LogP contribution in [-0.2, 0) is 9.59 Å². The lowest BCUT2D eigenvalue weighted by Crippen LogP contribution is -2.34. The molecular formula is C17H20N4O4. The number of anilines is 1. The second kappa shape index (κ2) is 7.69. The van der Waals surface area contributed by atoms with Gasteiger partial charge < -0.3 is 4.52 Å². The number of rotatable bonds is 5. The normalized spacial score (nSPS) is 10.8. The first-order chi connectivity index (χ1) is 11.8. The van der Waals surface area contributed by atoms with Gasteiger partial charge in [0.15, 0.2) is 0 Å². The first-order valence-corrected chi connectivity index (χ1v) is 7.88. The highest BCUT2D eigenvalue weighted by Crippen LogP contribution is 2.28. The summed E-state index contributed by atoms with van der Waals surface area (Å²) in [4.78, 5) is 40.5. The molecule has 0 aromatic carbocycles. The summed E-state index contributed by atoms with van der Waals surface area (Å²) < 4.78 is 5.14. The summed E-state index contributed by atoms with van der Waals surface area (Å²) in [5, 5.41) is 8.64. The molecule has 3 amide bonds. The van der Waals surface area contributed by atoms with E-state index >= 15 is 0 Å². The van der Waals surface area contributed by atoms with Gasteiger partial charge in [-0.05, 0) is 12.1 Å². The van der Waals surface area contributed by atoms with Crippen LogP contribution in [0.1, 0.15) is 38.1 Å². The fourth-order valence-electron chi connectivity index (χ4n) is 1.84. The SMILES string of the molecule is CC(C)C(=O)NC(=O)c1c(-c2ccccn2)noc1NC(=O)C(C)C. The number of carbonyl (C=O) groups excluding carboxylic acids is 3. The molecule has 8 heteroatoms. The highest BCUT2D eigenvalue weighted by Gasteiger charge is 2.28. The van der Waals surface area contributed by atoms with Crippen molar-refractivity contribution in [2.45, 2.75) is 27.7 Å². The Morgan fingerprint density at radius 1 is 1.04 bits per heavy atom. The van der Waals surface area contributed by atoms with Crippen molar-refractivity contribution in [1.82, 2.24) is 15.5 Å². The van der Waals surface area contributed by atoms with Crippen molar-refractivity contribution in [3.8, 4) is 11.4 Å². The summed E-state index contributed by atoms with van der Waals surface area (Å²) in [5.74, 6) is -2.31. The van der Waals surface area contributed by atoms with Crippen molar-refractivity contribution in [2.75, 3.05) is 5.32 Å². The van der Waals surface area contributed by atoms with Crippen LogP contribution < -0.4 is 10.6 Å². The Bertz CT molecular complexity index is 781. The topological polar surface area (TPSA) is 114 Å². The quantitative estimate of drug-likeness (QED) is 0.860. The number of pyridine rings is 1. The zero-order valence-electron chi connectivity index (χ0n) is 14.5. The van der Waals surface area contributed by atoms with Crippen LogP contribution in [0.5, 0.6) is 0 Å². The molecule has 0 atom stereocenters. The van der Waals surface area contributed by atoms with Crippen LogP contribution in [-0.4, -0.2) is 27.9 Å². The van der Waals surface area contributed by atoms with E-state index in [2.05, 4.69) is 20.8 Å². The number of hydrogen-bond donors (Lipinski definition) is 2. The van der Waals surface area contributed by atoms with E-state index in [9.17, 15) is 14.4 Å². The van der Waals surface area contributed by atoms with Crippen LogP contribution in [0.2, 0.25) is 0 Å². The smallest absolute Gasteiger partial charge is 0.265 e. The third-order valence-electron chi connectivity index (χ3n) is 3.35. The summed E-state index contributed by atoms with van der Waals surface area (Å²) in [6, 6.07) is 5.09. The number of carbonyl (C=O) groups is 3. The van der Waals surface area contributed by atoms with Gasteiger partial charge in [0.1, 0.15) is 11.3 Å². The van der Waals surface area contributed by atoms with Gasteiger partial charge in [0, 0.05) is 18.0 Å². The fourth-order valence-corrected chi connectivity index (χ4v) is 1.84. The van der Waals surface area contributed by atoms with Crippen molar-refractivity contribution in [2.24, 2.45) is 11.8 Å². The van der Waals surface area contributed by atoms with Crippen molar-refractivity contribution in [3.63, 3.8) is 0 Å². The number of imide groups is 1. The van der Waals surface area contributed by atoms with Crippen LogP contribution in [0.15, 0.2) is 28.9 Å². The Hall–Kier alpha value is -3.03. The Labute approximate surface area is 145 Å². The largest absolute Gasteiger partial charge is 0.337 e. The maximum atomic E-state index is 12.6. The van der Waals surface area contributed by atoms with E-state index in [4.69, 9.17) is 4.52 Å². The molecule has 0 spiro atoms. The maximum absolute atomic E-state index is 12.6. The number of nitrogens with zero attached hydrogens (tertiary/aromatic N) is 2. The molecule has 132 valence electrons. The molecule has 2 heterocycles. The van der Waals surface area contributed by atoms with Gasteiger partial charge in [-0.2, -0.15) is 0 Å². The molecule has 25 heavy (non-hydrogen) atoms. The third-order valence-corrected chi connectivity index (χ3v) is 3.35. The Balaban J connectivity index is 2.44. The summed E-state index contributed by atoms with van der Waals surface area (Å²) >= 11 is 0. The zero-order chi connectivity index (χ0) is 18.6. The molecule has 0 bridgehead atoms. The van der Waals surface area contributed by atoms with E-state index < -0.39 is 11.8 Å². The highest BCUT2D eigenvalue weighted by molar-refractivity contribution is 6.12. The number of aromatic nitrogens is 2. The summed E-state index contributed by atoms with van der Waals surface area (Å²) in [7, 11) is 0. The zero-order valence-corrected chi connectivity index (χ0v) is 14.5. The minimum absolute atomic E-state index is 0.0401. The maximum Gasteiger partial charge on any atom is 0.265 e. The van der Waals surface area contributed by atoms with E-state index in [1.54, 1.807) is 45.9 Å². The Morgan fingerprint density at radius 3 is 2.28 bits per heavy atom. The van der Waals surface area contributed by atoms with Gasteiger partial charge in [-0.3, -0.25) is 30.0 Å². The lowest BCUT2D eigenvalue weighted by atomic mass is 10.1. The lowest BCUT2D eigenvalue weighted by molar-refractivity contribution is -0.123. The Morgan fingerprint density at radius 2 is 1.72 bits per heavy atom. The van der Waals surface area contributed by atoms with Crippen LogP contribution in [0.4, 0.5) is 5.88 Å². The van der Waals surface area contributed by atoms with Gasteiger partial charge in [-0.25, -0.2) is 0 Å². The minimum atomic E-state index is -0.709. The fraction of sp³-hybridized carbons (Fsp3) is 0.353. The van der Waals surface area contributed by atoms with E-state index in [-0.39, 0.29) is 34.9 Å². The first kappa shape index (κ1) is 18.3. The summed E-state index contributed by atoms with van der Waals surface area (Å²) in [6.45, 7) is 6.73. The minimum Gasteiger partial charge on any atom is -0.337 e. The van der Waals surface area contributed by atoms with Gasteiger partial charge >= 0.3 is 0 Å². The molecule has 0 aliphatic rings. The summed E-state index contributed by atoms with van der Waals surface area (Å²) in [5.41, 5.74) is 0.494. The molecule has 0 aliphatic carbocycles. The van der Waals surface area contributed by atoms with Crippen molar-refractivity contribution < 1.29 is 18.9 Å². The van der Waals surface area contributed by atoms with Gasteiger partial charge in [-0.15, -0.1) is 0 Å². The molecule has 0 unspecified atom stereocenters.